The van der Waals surface area contributed by atoms with Crippen molar-refractivity contribution in [2.45, 2.75) is 52.6 Å². The summed E-state index contributed by atoms with van der Waals surface area (Å²) >= 11 is 0. The van der Waals surface area contributed by atoms with Crippen LogP contribution in [0.3, 0.4) is 0 Å². The minimum atomic E-state index is -0.199. The zero-order chi connectivity index (χ0) is 24.3. The summed E-state index contributed by atoms with van der Waals surface area (Å²) in [6.45, 7) is 12.9. The summed E-state index contributed by atoms with van der Waals surface area (Å²) in [5.74, 6) is 2.52. The number of hydrogen-bond acceptors (Lipinski definition) is 2. The number of rotatable bonds is 5. The summed E-state index contributed by atoms with van der Waals surface area (Å²) in [6.07, 6.45) is 0. The van der Waals surface area contributed by atoms with Crippen LogP contribution in [0.25, 0.3) is 22.3 Å². The van der Waals surface area contributed by atoms with Crippen LogP contribution in [-0.4, -0.2) is 5.60 Å². The lowest BCUT2D eigenvalue weighted by atomic mass is 9.86. The highest BCUT2D eigenvalue weighted by Crippen LogP contribution is 2.30. The predicted octanol–water partition coefficient (Wildman–Crippen LogP) is 9.29. The number of benzene rings is 4. The van der Waals surface area contributed by atoms with E-state index < -0.39 is 0 Å². The SMILES string of the molecule is CC(C)(C)Oc1ccc(-c2ccc(Oc3ccc(-c4ccc(C(C)(C)C)cc4)cc3)cc2)cc1. The van der Waals surface area contributed by atoms with Crippen molar-refractivity contribution in [2.24, 2.45) is 0 Å². The van der Waals surface area contributed by atoms with Crippen LogP contribution in [-0.2, 0) is 5.41 Å². The molecule has 4 rings (SSSR count). The molecule has 0 aromatic heterocycles. The second-order valence-corrected chi connectivity index (χ2v) is 10.7. The van der Waals surface area contributed by atoms with Gasteiger partial charge in [-0.1, -0.05) is 81.4 Å². The van der Waals surface area contributed by atoms with E-state index in [-0.39, 0.29) is 11.0 Å². The fourth-order valence-corrected chi connectivity index (χ4v) is 3.80. The smallest absolute Gasteiger partial charge is 0.127 e. The maximum Gasteiger partial charge on any atom is 0.127 e. The predicted molar refractivity (Wildman–Crippen MR) is 143 cm³/mol. The lowest BCUT2D eigenvalue weighted by Crippen LogP contribution is -2.22. The van der Waals surface area contributed by atoms with Crippen molar-refractivity contribution in [3.05, 3.63) is 103 Å². The third-order valence-corrected chi connectivity index (χ3v) is 5.64. The standard InChI is InChI=1S/C32H34O2/c1-31(2,3)27-15-7-23(8-16-27)24-9-17-28(18-10-24)33-29-19-11-25(12-20-29)26-13-21-30(22-14-26)34-32(4,5)6/h7-22H,1-6H3. The van der Waals surface area contributed by atoms with Gasteiger partial charge < -0.3 is 9.47 Å². The molecule has 0 bridgehead atoms. The Bertz CT molecular complexity index is 1200. The van der Waals surface area contributed by atoms with Gasteiger partial charge in [0, 0.05) is 0 Å². The normalized spacial score (nSPS) is 11.8. The second-order valence-electron chi connectivity index (χ2n) is 10.7. The highest BCUT2D eigenvalue weighted by Gasteiger charge is 2.13. The van der Waals surface area contributed by atoms with E-state index in [9.17, 15) is 0 Å². The van der Waals surface area contributed by atoms with Gasteiger partial charge >= 0.3 is 0 Å². The van der Waals surface area contributed by atoms with Crippen molar-refractivity contribution < 1.29 is 9.47 Å². The van der Waals surface area contributed by atoms with E-state index in [1.165, 1.54) is 16.7 Å². The van der Waals surface area contributed by atoms with E-state index in [0.717, 1.165) is 28.4 Å². The van der Waals surface area contributed by atoms with Gasteiger partial charge in [0.25, 0.3) is 0 Å². The van der Waals surface area contributed by atoms with Crippen LogP contribution in [0.2, 0.25) is 0 Å². The molecule has 0 N–H and O–H groups in total. The monoisotopic (exact) mass is 450 g/mol. The van der Waals surface area contributed by atoms with Gasteiger partial charge in [-0.3, -0.25) is 0 Å². The molecule has 0 unspecified atom stereocenters. The minimum absolute atomic E-state index is 0.163. The lowest BCUT2D eigenvalue weighted by Gasteiger charge is -2.21. The highest BCUT2D eigenvalue weighted by molar-refractivity contribution is 5.66. The van der Waals surface area contributed by atoms with Crippen LogP contribution < -0.4 is 9.47 Å². The third-order valence-electron chi connectivity index (χ3n) is 5.64. The Hall–Kier alpha value is -3.52. The van der Waals surface area contributed by atoms with Crippen LogP contribution in [0.5, 0.6) is 17.2 Å². The lowest BCUT2D eigenvalue weighted by molar-refractivity contribution is 0.131. The molecule has 0 aliphatic carbocycles. The topological polar surface area (TPSA) is 18.5 Å². The minimum Gasteiger partial charge on any atom is -0.488 e. The van der Waals surface area contributed by atoms with Crippen molar-refractivity contribution in [1.29, 1.82) is 0 Å². The largest absolute Gasteiger partial charge is 0.488 e. The van der Waals surface area contributed by atoms with Crippen molar-refractivity contribution >= 4 is 0 Å². The van der Waals surface area contributed by atoms with Crippen molar-refractivity contribution in [2.75, 3.05) is 0 Å². The molecule has 0 radical (unpaired) electrons. The van der Waals surface area contributed by atoms with Gasteiger partial charge in [-0.05, 0) is 90.4 Å². The van der Waals surface area contributed by atoms with Crippen LogP contribution in [0.1, 0.15) is 47.1 Å². The van der Waals surface area contributed by atoms with Gasteiger partial charge in [0.1, 0.15) is 22.8 Å². The first-order chi connectivity index (χ1) is 16.1. The van der Waals surface area contributed by atoms with Gasteiger partial charge in [0.05, 0.1) is 0 Å². The van der Waals surface area contributed by atoms with E-state index >= 15 is 0 Å². The quantitative estimate of drug-likeness (QED) is 0.301. The van der Waals surface area contributed by atoms with Crippen molar-refractivity contribution in [3.8, 4) is 39.5 Å². The fourth-order valence-electron chi connectivity index (χ4n) is 3.80. The Labute approximate surface area is 204 Å². The first kappa shape index (κ1) is 23.6. The summed E-state index contributed by atoms with van der Waals surface area (Å²) in [5.41, 5.74) is 5.99. The first-order valence-electron chi connectivity index (χ1n) is 11.9. The summed E-state index contributed by atoms with van der Waals surface area (Å²) in [6, 6.07) is 33.5. The number of ether oxygens (including phenoxy) is 2. The van der Waals surface area contributed by atoms with Crippen molar-refractivity contribution in [1.82, 2.24) is 0 Å². The molecule has 0 fully saturated rings. The van der Waals surface area contributed by atoms with Gasteiger partial charge in [-0.15, -0.1) is 0 Å². The zero-order valence-corrected chi connectivity index (χ0v) is 21.1. The molecule has 0 saturated carbocycles. The fraction of sp³-hybridized carbons (Fsp3) is 0.250. The van der Waals surface area contributed by atoms with E-state index in [2.05, 4.69) is 102 Å². The molecule has 0 amide bonds. The van der Waals surface area contributed by atoms with Gasteiger partial charge in [-0.25, -0.2) is 0 Å². The Morgan fingerprint density at radius 3 is 1.06 bits per heavy atom. The summed E-state index contributed by atoms with van der Waals surface area (Å²) in [5, 5.41) is 0. The Balaban J connectivity index is 1.41. The van der Waals surface area contributed by atoms with Crippen LogP contribution >= 0.6 is 0 Å². The maximum absolute atomic E-state index is 6.08. The maximum atomic E-state index is 6.08. The molecule has 0 heterocycles. The van der Waals surface area contributed by atoms with Crippen molar-refractivity contribution in [3.63, 3.8) is 0 Å². The molecule has 0 spiro atoms. The first-order valence-corrected chi connectivity index (χ1v) is 11.9. The molecule has 0 aliphatic rings. The van der Waals surface area contributed by atoms with Gasteiger partial charge in [0.15, 0.2) is 0 Å². The van der Waals surface area contributed by atoms with E-state index in [1.54, 1.807) is 0 Å². The Kier molecular flexibility index (Phi) is 6.52. The summed E-state index contributed by atoms with van der Waals surface area (Å²) in [4.78, 5) is 0. The van der Waals surface area contributed by atoms with Gasteiger partial charge in [0.2, 0.25) is 0 Å². The highest BCUT2D eigenvalue weighted by atomic mass is 16.5. The second kappa shape index (κ2) is 9.38. The molecular formula is C32H34O2. The number of hydrogen-bond donors (Lipinski definition) is 0. The Morgan fingerprint density at radius 1 is 0.412 bits per heavy atom. The van der Waals surface area contributed by atoms with Crippen LogP contribution in [0.15, 0.2) is 97.1 Å². The molecule has 174 valence electrons. The summed E-state index contributed by atoms with van der Waals surface area (Å²) in [7, 11) is 0. The molecule has 4 aromatic rings. The molecule has 0 atom stereocenters. The molecule has 0 saturated heterocycles. The molecule has 0 aliphatic heterocycles. The molecule has 2 nitrogen and oxygen atoms in total. The molecular weight excluding hydrogens is 416 g/mol. The third kappa shape index (κ3) is 6.08. The molecule has 34 heavy (non-hydrogen) atoms. The Morgan fingerprint density at radius 2 is 0.735 bits per heavy atom. The average molecular weight is 451 g/mol. The molecule has 2 heteroatoms. The average Bonchev–Trinajstić information content (AvgIpc) is 2.79. The van der Waals surface area contributed by atoms with E-state index in [1.807, 2.05) is 36.4 Å². The summed E-state index contributed by atoms with van der Waals surface area (Å²) < 4.78 is 12.0. The van der Waals surface area contributed by atoms with E-state index in [0.29, 0.717) is 0 Å². The molecule has 4 aromatic carbocycles. The van der Waals surface area contributed by atoms with E-state index in [4.69, 9.17) is 9.47 Å². The van der Waals surface area contributed by atoms with Crippen LogP contribution in [0, 0.1) is 0 Å². The van der Waals surface area contributed by atoms with Gasteiger partial charge in [-0.2, -0.15) is 0 Å². The van der Waals surface area contributed by atoms with Crippen LogP contribution in [0.4, 0.5) is 0 Å². The zero-order valence-electron chi connectivity index (χ0n) is 21.1.